The van der Waals surface area contributed by atoms with Gasteiger partial charge in [0.1, 0.15) is 0 Å². The molecule has 0 fully saturated rings. The second kappa shape index (κ2) is 3.96. The third-order valence-electron chi connectivity index (χ3n) is 2.31. The number of nitrogens with zero attached hydrogens (tertiary/aromatic N) is 2. The zero-order valence-corrected chi connectivity index (χ0v) is 8.88. The molecule has 0 bridgehead atoms. The molecule has 0 saturated heterocycles. The molecule has 14 heavy (non-hydrogen) atoms. The van der Waals surface area contributed by atoms with Crippen molar-refractivity contribution in [3.63, 3.8) is 0 Å². The van der Waals surface area contributed by atoms with Crippen LogP contribution in [0, 0.1) is 0 Å². The Bertz CT molecular complexity index is 348. The maximum atomic E-state index is 5.65. The lowest BCUT2D eigenvalue weighted by molar-refractivity contribution is 0.414. The Kier molecular flexibility index (Phi) is 2.67. The summed E-state index contributed by atoms with van der Waals surface area (Å²) in [5.41, 5.74) is 6.81. The van der Waals surface area contributed by atoms with Crippen LogP contribution in [0.4, 0.5) is 5.13 Å². The van der Waals surface area contributed by atoms with Gasteiger partial charge < -0.3 is 10.5 Å². The molecule has 1 aliphatic carbocycles. The molecule has 2 N–H and O–H groups in total. The van der Waals surface area contributed by atoms with Gasteiger partial charge in [0.25, 0.3) is 0 Å². The zero-order valence-electron chi connectivity index (χ0n) is 8.06. The van der Waals surface area contributed by atoms with Gasteiger partial charge >= 0.3 is 0 Å². The highest BCUT2D eigenvalue weighted by Crippen LogP contribution is 2.29. The van der Waals surface area contributed by atoms with Crippen LogP contribution in [0.25, 0.3) is 0 Å². The summed E-state index contributed by atoms with van der Waals surface area (Å²) in [6.45, 7) is 0. The van der Waals surface area contributed by atoms with Crippen LogP contribution in [-0.4, -0.2) is 24.5 Å². The Labute approximate surface area is 86.8 Å². The summed E-state index contributed by atoms with van der Waals surface area (Å²) >= 11 is 1.58. The minimum absolute atomic E-state index is 0.335. The van der Waals surface area contributed by atoms with Gasteiger partial charge in [-0.25, -0.2) is 4.98 Å². The summed E-state index contributed by atoms with van der Waals surface area (Å²) in [7, 11) is 1.61. The number of aryl methyl sites for hydroxylation is 1. The number of aromatic nitrogens is 1. The van der Waals surface area contributed by atoms with E-state index in [1.165, 1.54) is 11.3 Å². The monoisotopic (exact) mass is 211 g/mol. The van der Waals surface area contributed by atoms with Gasteiger partial charge in [-0.05, 0) is 12.8 Å². The number of fused-ring (bicyclic) bond motifs is 1. The Hall–Kier alpha value is -1.10. The molecule has 0 amide bonds. The van der Waals surface area contributed by atoms with Crippen molar-refractivity contribution in [2.45, 2.75) is 25.3 Å². The lowest BCUT2D eigenvalue weighted by Crippen LogP contribution is -2.16. The van der Waals surface area contributed by atoms with Gasteiger partial charge in [-0.15, -0.1) is 11.3 Å². The first-order valence-electron chi connectivity index (χ1n) is 4.58. The van der Waals surface area contributed by atoms with Crippen molar-refractivity contribution in [2.75, 3.05) is 12.8 Å². The van der Waals surface area contributed by atoms with E-state index in [0.717, 1.165) is 25.0 Å². The smallest absolute Gasteiger partial charge is 0.180 e. The maximum absolute atomic E-state index is 5.65. The van der Waals surface area contributed by atoms with E-state index in [9.17, 15) is 0 Å². The Morgan fingerprint density at radius 2 is 2.57 bits per heavy atom. The van der Waals surface area contributed by atoms with Gasteiger partial charge in [0, 0.05) is 11.3 Å². The number of ether oxygens (including phenoxy) is 1. The number of nitrogen functional groups attached to an aromatic ring is 1. The van der Waals surface area contributed by atoms with Crippen molar-refractivity contribution in [1.82, 2.24) is 4.98 Å². The van der Waals surface area contributed by atoms with Crippen molar-refractivity contribution in [3.05, 3.63) is 10.6 Å². The minimum atomic E-state index is 0.335. The van der Waals surface area contributed by atoms with Crippen LogP contribution >= 0.6 is 11.3 Å². The Morgan fingerprint density at radius 3 is 3.36 bits per heavy atom. The fourth-order valence-corrected chi connectivity index (χ4v) is 2.60. The molecule has 0 aromatic carbocycles. The largest absolute Gasteiger partial charge is 0.487 e. The molecule has 4 nitrogen and oxygen atoms in total. The van der Waals surface area contributed by atoms with Crippen LogP contribution in [0.3, 0.4) is 0 Å². The first kappa shape index (κ1) is 9.45. The summed E-state index contributed by atoms with van der Waals surface area (Å²) in [6.07, 6.45) is 4.48. The number of methoxy groups -OCH3 is 1. The molecule has 1 heterocycles. The minimum Gasteiger partial charge on any atom is -0.487 e. The van der Waals surface area contributed by atoms with Crippen LogP contribution in [-0.2, 0) is 17.6 Å². The molecule has 0 aliphatic heterocycles. The molecular weight excluding hydrogens is 198 g/mol. The third-order valence-corrected chi connectivity index (χ3v) is 3.26. The molecule has 0 radical (unpaired) electrons. The van der Waals surface area contributed by atoms with Crippen LogP contribution in [0.15, 0.2) is 4.99 Å². The highest BCUT2D eigenvalue weighted by atomic mass is 32.1. The van der Waals surface area contributed by atoms with Crippen LogP contribution in [0.5, 0.6) is 0 Å². The van der Waals surface area contributed by atoms with E-state index in [0.29, 0.717) is 11.2 Å². The lowest BCUT2D eigenvalue weighted by atomic mass is 9.98. The Balaban J connectivity index is 2.09. The molecule has 1 aliphatic rings. The summed E-state index contributed by atoms with van der Waals surface area (Å²) in [5, 5.41) is 0.673. The van der Waals surface area contributed by atoms with E-state index in [1.54, 1.807) is 18.4 Å². The lowest BCUT2D eigenvalue weighted by Gasteiger charge is -2.16. The standard InChI is InChI=1S/C9H13N3OS/c1-13-5-11-6-2-3-7-8(4-6)14-9(10)12-7/h5-6H,2-4H2,1H3,(H2,10,12)/b11-5+. The van der Waals surface area contributed by atoms with Crippen molar-refractivity contribution in [2.24, 2.45) is 4.99 Å². The van der Waals surface area contributed by atoms with Crippen molar-refractivity contribution in [1.29, 1.82) is 0 Å². The summed E-state index contributed by atoms with van der Waals surface area (Å²) in [4.78, 5) is 9.86. The predicted molar refractivity (Wildman–Crippen MR) is 57.8 cm³/mol. The van der Waals surface area contributed by atoms with Gasteiger partial charge in [0.15, 0.2) is 11.5 Å². The predicted octanol–water partition coefficient (Wildman–Crippen LogP) is 1.26. The normalized spacial score (nSPS) is 21.1. The highest BCUT2D eigenvalue weighted by molar-refractivity contribution is 7.15. The van der Waals surface area contributed by atoms with Gasteiger partial charge in [0.2, 0.25) is 0 Å². The number of hydrogen-bond acceptors (Lipinski definition) is 5. The molecule has 1 aromatic heterocycles. The second-order valence-electron chi connectivity index (χ2n) is 3.31. The average molecular weight is 211 g/mol. The van der Waals surface area contributed by atoms with Crippen LogP contribution in [0.1, 0.15) is 17.0 Å². The molecule has 1 unspecified atom stereocenters. The van der Waals surface area contributed by atoms with E-state index in [-0.39, 0.29) is 0 Å². The molecule has 1 aromatic rings. The fourth-order valence-electron chi connectivity index (χ4n) is 1.65. The number of rotatable bonds is 2. The van der Waals surface area contributed by atoms with Crippen molar-refractivity contribution < 1.29 is 4.74 Å². The van der Waals surface area contributed by atoms with Gasteiger partial charge in [-0.3, -0.25) is 4.99 Å². The van der Waals surface area contributed by atoms with E-state index in [1.807, 2.05) is 0 Å². The van der Waals surface area contributed by atoms with E-state index in [4.69, 9.17) is 10.5 Å². The van der Waals surface area contributed by atoms with Crippen molar-refractivity contribution in [3.8, 4) is 0 Å². The molecule has 76 valence electrons. The number of aliphatic imine (C=N–C) groups is 1. The SMILES string of the molecule is CO/C=N/C1CCc2nc(N)sc2C1. The maximum Gasteiger partial charge on any atom is 0.180 e. The summed E-state index contributed by atoms with van der Waals surface area (Å²) in [5.74, 6) is 0. The summed E-state index contributed by atoms with van der Waals surface area (Å²) < 4.78 is 4.81. The topological polar surface area (TPSA) is 60.5 Å². The van der Waals surface area contributed by atoms with E-state index < -0.39 is 0 Å². The number of nitrogens with two attached hydrogens (primary N) is 1. The second-order valence-corrected chi connectivity index (χ2v) is 4.42. The van der Waals surface area contributed by atoms with E-state index >= 15 is 0 Å². The number of hydrogen-bond donors (Lipinski definition) is 1. The highest BCUT2D eigenvalue weighted by Gasteiger charge is 2.21. The zero-order chi connectivity index (χ0) is 9.97. The van der Waals surface area contributed by atoms with Crippen molar-refractivity contribution >= 4 is 22.9 Å². The Morgan fingerprint density at radius 1 is 1.71 bits per heavy atom. The van der Waals surface area contributed by atoms with Gasteiger partial charge in [-0.2, -0.15) is 0 Å². The van der Waals surface area contributed by atoms with Crippen LogP contribution < -0.4 is 5.73 Å². The molecule has 5 heteroatoms. The molecule has 0 spiro atoms. The number of thiazole rings is 1. The first-order valence-corrected chi connectivity index (χ1v) is 5.39. The average Bonchev–Trinajstić information content (AvgIpc) is 2.54. The summed E-state index contributed by atoms with van der Waals surface area (Å²) in [6, 6.07) is 0.335. The number of anilines is 1. The molecule has 0 saturated carbocycles. The third kappa shape index (κ3) is 1.87. The fraction of sp³-hybridized carbons (Fsp3) is 0.556. The molecule has 1 atom stereocenters. The molecular formula is C9H13N3OS. The quantitative estimate of drug-likeness (QED) is 0.591. The molecule has 2 rings (SSSR count). The van der Waals surface area contributed by atoms with Gasteiger partial charge in [-0.1, -0.05) is 0 Å². The van der Waals surface area contributed by atoms with Gasteiger partial charge in [0.05, 0.1) is 18.8 Å². The first-order chi connectivity index (χ1) is 6.79. The van der Waals surface area contributed by atoms with E-state index in [2.05, 4.69) is 9.98 Å². The van der Waals surface area contributed by atoms with Crippen LogP contribution in [0.2, 0.25) is 0 Å².